The Morgan fingerprint density at radius 2 is 2.29 bits per heavy atom. The van der Waals surface area contributed by atoms with E-state index in [1.165, 1.54) is 32.1 Å². The summed E-state index contributed by atoms with van der Waals surface area (Å²) in [6, 6.07) is 0. The monoisotopic (exact) mass is 195 g/mol. The fourth-order valence-electron chi connectivity index (χ4n) is 2.02. The van der Waals surface area contributed by atoms with Gasteiger partial charge in [0.15, 0.2) is 5.82 Å². The Balaban J connectivity index is 1.55. The average Bonchev–Trinajstić information content (AvgIpc) is 2.86. The first-order valence-corrected chi connectivity index (χ1v) is 5.41. The highest BCUT2D eigenvalue weighted by molar-refractivity contribution is 4.79. The summed E-state index contributed by atoms with van der Waals surface area (Å²) in [6.07, 6.45) is 7.87. The molecular formula is C10H17N3O. The lowest BCUT2D eigenvalue weighted by molar-refractivity contribution is 0.408. The van der Waals surface area contributed by atoms with E-state index in [0.717, 1.165) is 31.3 Å². The minimum absolute atomic E-state index is 0.795. The van der Waals surface area contributed by atoms with Crippen molar-refractivity contribution in [3.63, 3.8) is 0 Å². The Bertz CT molecular complexity index is 242. The quantitative estimate of drug-likeness (QED) is 0.721. The maximum absolute atomic E-state index is 4.66. The summed E-state index contributed by atoms with van der Waals surface area (Å²) in [5, 5.41) is 7.20. The third kappa shape index (κ3) is 2.80. The van der Waals surface area contributed by atoms with Gasteiger partial charge in [0.25, 0.3) is 0 Å². The number of hydrogen-bond acceptors (Lipinski definition) is 4. The third-order valence-electron chi connectivity index (χ3n) is 2.84. The van der Waals surface area contributed by atoms with Crippen LogP contribution in [0.4, 0.5) is 0 Å². The molecule has 1 heterocycles. The van der Waals surface area contributed by atoms with E-state index in [4.69, 9.17) is 0 Å². The molecule has 1 aromatic heterocycles. The van der Waals surface area contributed by atoms with Crippen LogP contribution >= 0.6 is 0 Å². The molecule has 1 aromatic rings. The van der Waals surface area contributed by atoms with E-state index in [1.807, 2.05) is 0 Å². The lowest BCUT2D eigenvalue weighted by Gasteiger charge is -2.08. The van der Waals surface area contributed by atoms with E-state index in [-0.39, 0.29) is 0 Å². The van der Waals surface area contributed by atoms with Crippen LogP contribution in [0.3, 0.4) is 0 Å². The predicted octanol–water partition coefficient (Wildman–Crippen LogP) is 1.39. The molecule has 14 heavy (non-hydrogen) atoms. The fourth-order valence-corrected chi connectivity index (χ4v) is 2.02. The maximum Gasteiger partial charge on any atom is 0.213 e. The van der Waals surface area contributed by atoms with Crippen molar-refractivity contribution in [2.24, 2.45) is 5.92 Å². The minimum Gasteiger partial charge on any atom is -0.343 e. The minimum atomic E-state index is 0.795. The second-order valence-electron chi connectivity index (χ2n) is 3.95. The van der Waals surface area contributed by atoms with E-state index in [2.05, 4.69) is 20.0 Å². The molecule has 0 spiro atoms. The molecule has 1 N–H and O–H groups in total. The van der Waals surface area contributed by atoms with Gasteiger partial charge in [0, 0.05) is 13.0 Å². The summed E-state index contributed by atoms with van der Waals surface area (Å²) in [6.45, 7) is 2.11. The molecule has 4 nitrogen and oxygen atoms in total. The predicted molar refractivity (Wildman–Crippen MR) is 52.8 cm³/mol. The molecule has 4 heteroatoms. The fraction of sp³-hybridized carbons (Fsp3) is 0.800. The van der Waals surface area contributed by atoms with Crippen LogP contribution in [0, 0.1) is 5.92 Å². The van der Waals surface area contributed by atoms with Crippen LogP contribution in [0.25, 0.3) is 0 Å². The summed E-state index contributed by atoms with van der Waals surface area (Å²) in [5.41, 5.74) is 0. The molecule has 1 aliphatic rings. The van der Waals surface area contributed by atoms with Crippen LogP contribution in [0.15, 0.2) is 10.9 Å². The zero-order valence-electron chi connectivity index (χ0n) is 8.41. The second kappa shape index (κ2) is 5.10. The van der Waals surface area contributed by atoms with E-state index in [1.54, 1.807) is 0 Å². The van der Waals surface area contributed by atoms with Crippen molar-refractivity contribution in [2.45, 2.75) is 32.1 Å². The first kappa shape index (κ1) is 9.65. The lowest BCUT2D eigenvalue weighted by Crippen LogP contribution is -2.23. The second-order valence-corrected chi connectivity index (χ2v) is 3.95. The Morgan fingerprint density at radius 3 is 3.00 bits per heavy atom. The van der Waals surface area contributed by atoms with Crippen LogP contribution in [0.1, 0.15) is 31.5 Å². The molecule has 1 saturated carbocycles. The number of nitrogens with zero attached hydrogens (tertiary/aromatic N) is 2. The summed E-state index contributed by atoms with van der Waals surface area (Å²) < 4.78 is 4.66. The highest BCUT2D eigenvalue weighted by Gasteiger charge is 2.13. The zero-order chi connectivity index (χ0) is 9.64. The molecule has 0 amide bonds. The van der Waals surface area contributed by atoms with Gasteiger partial charge in [-0.05, 0) is 25.3 Å². The highest BCUT2D eigenvalue weighted by Crippen LogP contribution is 2.23. The Hall–Kier alpha value is -0.900. The van der Waals surface area contributed by atoms with Gasteiger partial charge in [0.1, 0.15) is 0 Å². The number of nitrogens with one attached hydrogen (secondary N) is 1. The van der Waals surface area contributed by atoms with Crippen LogP contribution in [-0.4, -0.2) is 23.2 Å². The maximum atomic E-state index is 4.66. The molecule has 2 rings (SSSR count). The van der Waals surface area contributed by atoms with Gasteiger partial charge in [-0.3, -0.25) is 0 Å². The molecule has 0 bridgehead atoms. The van der Waals surface area contributed by atoms with Gasteiger partial charge < -0.3 is 9.84 Å². The zero-order valence-corrected chi connectivity index (χ0v) is 8.41. The molecule has 0 unspecified atom stereocenters. The molecule has 0 radical (unpaired) electrons. The van der Waals surface area contributed by atoms with Crippen molar-refractivity contribution >= 4 is 0 Å². The summed E-state index contributed by atoms with van der Waals surface area (Å²) >= 11 is 0. The molecular weight excluding hydrogens is 178 g/mol. The largest absolute Gasteiger partial charge is 0.343 e. The van der Waals surface area contributed by atoms with Gasteiger partial charge in [-0.1, -0.05) is 18.0 Å². The van der Waals surface area contributed by atoms with Crippen molar-refractivity contribution in [1.29, 1.82) is 0 Å². The molecule has 78 valence electrons. The smallest absolute Gasteiger partial charge is 0.213 e. The van der Waals surface area contributed by atoms with Crippen LogP contribution in [-0.2, 0) is 6.42 Å². The molecule has 1 fully saturated rings. The van der Waals surface area contributed by atoms with Gasteiger partial charge >= 0.3 is 0 Å². The topological polar surface area (TPSA) is 51.0 Å². The van der Waals surface area contributed by atoms with Gasteiger partial charge in [-0.25, -0.2) is 0 Å². The van der Waals surface area contributed by atoms with Gasteiger partial charge in [0.05, 0.1) is 0 Å². The average molecular weight is 195 g/mol. The van der Waals surface area contributed by atoms with Crippen molar-refractivity contribution in [3.8, 4) is 0 Å². The number of hydrogen-bond donors (Lipinski definition) is 1. The van der Waals surface area contributed by atoms with Gasteiger partial charge in [-0.2, -0.15) is 4.98 Å². The Kier molecular flexibility index (Phi) is 3.51. The van der Waals surface area contributed by atoms with Crippen molar-refractivity contribution in [1.82, 2.24) is 15.5 Å². The first-order valence-electron chi connectivity index (χ1n) is 5.41. The van der Waals surface area contributed by atoms with E-state index in [9.17, 15) is 0 Å². The summed E-state index contributed by atoms with van der Waals surface area (Å²) in [5.74, 6) is 1.70. The molecule has 0 saturated heterocycles. The normalized spacial score (nSPS) is 17.7. The highest BCUT2D eigenvalue weighted by atomic mass is 16.5. The Labute approximate surface area is 84.1 Å². The van der Waals surface area contributed by atoms with E-state index >= 15 is 0 Å². The third-order valence-corrected chi connectivity index (χ3v) is 2.84. The van der Waals surface area contributed by atoms with E-state index in [0.29, 0.717) is 0 Å². The molecule has 0 atom stereocenters. The van der Waals surface area contributed by atoms with E-state index < -0.39 is 0 Å². The van der Waals surface area contributed by atoms with Crippen LogP contribution in [0.2, 0.25) is 0 Å². The van der Waals surface area contributed by atoms with Gasteiger partial charge in [0.2, 0.25) is 6.39 Å². The van der Waals surface area contributed by atoms with Crippen molar-refractivity contribution in [3.05, 3.63) is 12.2 Å². The lowest BCUT2D eigenvalue weighted by atomic mass is 10.1. The summed E-state index contributed by atoms with van der Waals surface area (Å²) in [7, 11) is 0. The molecule has 0 aliphatic heterocycles. The Morgan fingerprint density at radius 1 is 1.43 bits per heavy atom. The summed E-state index contributed by atoms with van der Waals surface area (Å²) in [4.78, 5) is 3.97. The van der Waals surface area contributed by atoms with Crippen LogP contribution < -0.4 is 5.32 Å². The van der Waals surface area contributed by atoms with Crippen molar-refractivity contribution < 1.29 is 4.52 Å². The molecule has 0 aromatic carbocycles. The van der Waals surface area contributed by atoms with Crippen LogP contribution in [0.5, 0.6) is 0 Å². The SMILES string of the molecule is c1nc(CCNCC2CCCC2)no1. The number of rotatable bonds is 5. The molecule has 1 aliphatic carbocycles. The standard InChI is InChI=1S/C10H17N3O/c1-2-4-9(3-1)7-11-6-5-10-12-8-14-13-10/h8-9,11H,1-7H2. The van der Waals surface area contributed by atoms with Crippen molar-refractivity contribution in [2.75, 3.05) is 13.1 Å². The number of aromatic nitrogens is 2. The first-order chi connectivity index (χ1) is 6.95. The van der Waals surface area contributed by atoms with Gasteiger partial charge in [-0.15, -0.1) is 0 Å².